The van der Waals surface area contributed by atoms with E-state index in [-0.39, 0.29) is 24.4 Å². The van der Waals surface area contributed by atoms with Gasteiger partial charge in [0.1, 0.15) is 0 Å². The normalized spacial score (nSPS) is 19.6. The minimum Gasteiger partial charge on any atom is -0.335 e. The quantitative estimate of drug-likeness (QED) is 0.902. The number of rotatable bonds is 5. The standard InChI is InChI=1S/C19H29N3O2/c1-14-7-9-17(10-8-14)20-18(23)13-21(4)19(24)16(3)22-11-5-6-15(2)12-22/h7-10,15-16H,5-6,11-13H2,1-4H3,(H,20,23). The molecular weight excluding hydrogens is 302 g/mol. The van der Waals surface area contributed by atoms with Crippen molar-refractivity contribution in [1.82, 2.24) is 9.80 Å². The van der Waals surface area contributed by atoms with E-state index in [4.69, 9.17) is 0 Å². The van der Waals surface area contributed by atoms with Crippen LogP contribution in [0.15, 0.2) is 24.3 Å². The Morgan fingerprint density at radius 3 is 2.62 bits per heavy atom. The molecule has 1 aromatic rings. The number of nitrogens with zero attached hydrogens (tertiary/aromatic N) is 2. The van der Waals surface area contributed by atoms with Crippen LogP contribution in [-0.4, -0.2) is 54.3 Å². The third-order valence-corrected chi connectivity index (χ3v) is 4.69. The molecule has 5 nitrogen and oxygen atoms in total. The van der Waals surface area contributed by atoms with E-state index in [0.29, 0.717) is 5.92 Å². The van der Waals surface area contributed by atoms with Crippen LogP contribution in [0.5, 0.6) is 0 Å². The first kappa shape index (κ1) is 18.5. The van der Waals surface area contributed by atoms with Crippen LogP contribution in [0.1, 0.15) is 32.3 Å². The van der Waals surface area contributed by atoms with E-state index in [9.17, 15) is 9.59 Å². The molecule has 2 unspecified atom stereocenters. The molecule has 2 atom stereocenters. The zero-order chi connectivity index (χ0) is 17.7. The third-order valence-electron chi connectivity index (χ3n) is 4.69. The smallest absolute Gasteiger partial charge is 0.243 e. The number of carbonyl (C=O) groups excluding carboxylic acids is 2. The molecule has 1 fully saturated rings. The minimum atomic E-state index is -0.176. The molecule has 2 rings (SSSR count). The van der Waals surface area contributed by atoms with E-state index in [2.05, 4.69) is 17.1 Å². The van der Waals surface area contributed by atoms with Gasteiger partial charge in [0.05, 0.1) is 12.6 Å². The highest BCUT2D eigenvalue weighted by atomic mass is 16.2. The number of piperidine rings is 1. The number of hydrogen-bond donors (Lipinski definition) is 1. The van der Waals surface area contributed by atoms with Crippen LogP contribution in [-0.2, 0) is 9.59 Å². The van der Waals surface area contributed by atoms with Crippen LogP contribution in [0.3, 0.4) is 0 Å². The molecule has 2 amide bonds. The van der Waals surface area contributed by atoms with Crippen LogP contribution in [0.4, 0.5) is 5.69 Å². The van der Waals surface area contributed by atoms with Crippen molar-refractivity contribution in [3.63, 3.8) is 0 Å². The van der Waals surface area contributed by atoms with Gasteiger partial charge in [0.15, 0.2) is 0 Å². The van der Waals surface area contributed by atoms with E-state index < -0.39 is 0 Å². The van der Waals surface area contributed by atoms with Gasteiger partial charge in [0.25, 0.3) is 0 Å². The lowest BCUT2D eigenvalue weighted by Gasteiger charge is -2.36. The van der Waals surface area contributed by atoms with Gasteiger partial charge < -0.3 is 10.2 Å². The summed E-state index contributed by atoms with van der Waals surface area (Å²) in [6.45, 7) is 8.15. The van der Waals surface area contributed by atoms with Gasteiger partial charge in [-0.25, -0.2) is 0 Å². The molecule has 1 aliphatic rings. The number of anilines is 1. The minimum absolute atomic E-state index is 0.00292. The largest absolute Gasteiger partial charge is 0.335 e. The second kappa shape index (κ2) is 8.29. The molecule has 132 valence electrons. The summed E-state index contributed by atoms with van der Waals surface area (Å²) >= 11 is 0. The maximum atomic E-state index is 12.6. The Kier molecular flexibility index (Phi) is 6.37. The number of likely N-dealkylation sites (tertiary alicyclic amines) is 1. The summed E-state index contributed by atoms with van der Waals surface area (Å²) in [5, 5.41) is 2.83. The van der Waals surface area contributed by atoms with Crippen LogP contribution in [0, 0.1) is 12.8 Å². The summed E-state index contributed by atoms with van der Waals surface area (Å²) in [4.78, 5) is 28.5. The summed E-state index contributed by atoms with van der Waals surface area (Å²) in [5.41, 5.74) is 1.90. The Bertz CT molecular complexity index is 570. The van der Waals surface area contributed by atoms with Crippen LogP contribution in [0.25, 0.3) is 0 Å². The molecule has 1 saturated heterocycles. The second-order valence-electron chi connectivity index (χ2n) is 7.03. The van der Waals surface area contributed by atoms with Crippen LogP contribution < -0.4 is 5.32 Å². The van der Waals surface area contributed by atoms with E-state index in [1.165, 1.54) is 11.3 Å². The van der Waals surface area contributed by atoms with Gasteiger partial charge in [0.2, 0.25) is 11.8 Å². The first-order valence-corrected chi connectivity index (χ1v) is 8.72. The summed E-state index contributed by atoms with van der Waals surface area (Å²) in [6, 6.07) is 7.46. The lowest BCUT2D eigenvalue weighted by molar-refractivity contribution is -0.138. The highest BCUT2D eigenvalue weighted by Gasteiger charge is 2.28. The van der Waals surface area contributed by atoms with Crippen molar-refractivity contribution in [2.24, 2.45) is 5.92 Å². The molecule has 1 N–H and O–H groups in total. The summed E-state index contributed by atoms with van der Waals surface area (Å²) in [6.07, 6.45) is 2.36. The number of hydrogen-bond acceptors (Lipinski definition) is 3. The number of aryl methyl sites for hydroxylation is 1. The molecule has 0 aromatic heterocycles. The number of carbonyl (C=O) groups is 2. The van der Waals surface area contributed by atoms with E-state index >= 15 is 0 Å². The molecule has 1 aliphatic heterocycles. The molecule has 0 aliphatic carbocycles. The van der Waals surface area contributed by atoms with Crippen molar-refractivity contribution in [2.75, 3.05) is 32.0 Å². The van der Waals surface area contributed by atoms with Crippen LogP contribution >= 0.6 is 0 Å². The third kappa shape index (κ3) is 5.06. The highest BCUT2D eigenvalue weighted by molar-refractivity contribution is 5.95. The van der Waals surface area contributed by atoms with Gasteiger partial charge in [-0.1, -0.05) is 24.6 Å². The molecule has 0 bridgehead atoms. The zero-order valence-corrected chi connectivity index (χ0v) is 15.2. The monoisotopic (exact) mass is 331 g/mol. The average Bonchev–Trinajstić information content (AvgIpc) is 2.55. The first-order valence-electron chi connectivity index (χ1n) is 8.72. The SMILES string of the molecule is Cc1ccc(NC(=O)CN(C)C(=O)C(C)N2CCCC(C)C2)cc1. The molecule has 1 heterocycles. The first-order chi connectivity index (χ1) is 11.4. The fourth-order valence-corrected chi connectivity index (χ4v) is 3.18. The maximum absolute atomic E-state index is 12.6. The van der Waals surface area contributed by atoms with Crippen molar-refractivity contribution in [1.29, 1.82) is 0 Å². The number of benzene rings is 1. The molecule has 0 radical (unpaired) electrons. The Labute approximate surface area is 145 Å². The molecule has 24 heavy (non-hydrogen) atoms. The van der Waals surface area contributed by atoms with Crippen molar-refractivity contribution in [3.8, 4) is 0 Å². The Morgan fingerprint density at radius 1 is 1.33 bits per heavy atom. The predicted octanol–water partition coefficient (Wildman–Crippen LogP) is 2.51. The lowest BCUT2D eigenvalue weighted by Crippen LogP contribution is -2.50. The molecule has 1 aromatic carbocycles. The van der Waals surface area contributed by atoms with E-state index in [1.807, 2.05) is 38.1 Å². The van der Waals surface area contributed by atoms with E-state index in [1.54, 1.807) is 7.05 Å². The van der Waals surface area contributed by atoms with Gasteiger partial charge in [0, 0.05) is 19.3 Å². The Morgan fingerprint density at radius 2 is 2.00 bits per heavy atom. The second-order valence-corrected chi connectivity index (χ2v) is 7.03. The van der Waals surface area contributed by atoms with Crippen molar-refractivity contribution in [2.45, 2.75) is 39.7 Å². The van der Waals surface area contributed by atoms with Crippen molar-refractivity contribution in [3.05, 3.63) is 29.8 Å². The van der Waals surface area contributed by atoms with Crippen LogP contribution in [0.2, 0.25) is 0 Å². The van der Waals surface area contributed by atoms with Gasteiger partial charge in [-0.3, -0.25) is 14.5 Å². The average molecular weight is 331 g/mol. The Balaban J connectivity index is 1.85. The fourth-order valence-electron chi connectivity index (χ4n) is 3.18. The summed E-state index contributed by atoms with van der Waals surface area (Å²) in [7, 11) is 1.70. The van der Waals surface area contributed by atoms with E-state index in [0.717, 1.165) is 30.8 Å². The molecule has 0 spiro atoms. The van der Waals surface area contributed by atoms with Gasteiger partial charge in [-0.2, -0.15) is 0 Å². The van der Waals surface area contributed by atoms with Crippen molar-refractivity contribution >= 4 is 17.5 Å². The van der Waals surface area contributed by atoms with Gasteiger partial charge in [-0.15, -0.1) is 0 Å². The summed E-state index contributed by atoms with van der Waals surface area (Å²) < 4.78 is 0. The molecular formula is C19H29N3O2. The Hall–Kier alpha value is -1.88. The number of nitrogens with one attached hydrogen (secondary N) is 1. The topological polar surface area (TPSA) is 52.7 Å². The van der Waals surface area contributed by atoms with Gasteiger partial charge >= 0.3 is 0 Å². The number of likely N-dealkylation sites (N-methyl/N-ethyl adjacent to an activating group) is 1. The van der Waals surface area contributed by atoms with Gasteiger partial charge in [-0.05, 0) is 51.3 Å². The maximum Gasteiger partial charge on any atom is 0.243 e. The molecule has 5 heteroatoms. The zero-order valence-electron chi connectivity index (χ0n) is 15.2. The molecule has 0 saturated carbocycles. The summed E-state index contributed by atoms with van der Waals surface area (Å²) in [5.74, 6) is 0.459. The lowest BCUT2D eigenvalue weighted by atomic mass is 9.99. The highest BCUT2D eigenvalue weighted by Crippen LogP contribution is 2.18. The number of amides is 2. The fraction of sp³-hybridized carbons (Fsp3) is 0.579. The van der Waals surface area contributed by atoms with Crippen molar-refractivity contribution < 1.29 is 9.59 Å². The predicted molar refractivity (Wildman–Crippen MR) is 96.9 cm³/mol.